The SMILES string of the molecule is CCCCCCCCCCCCCCCCCCOP(=O)(O)OCCCOC(=O)C(C)(C)CC. The van der Waals surface area contributed by atoms with E-state index >= 15 is 0 Å². The lowest BCUT2D eigenvalue weighted by molar-refractivity contribution is -0.154. The maximum Gasteiger partial charge on any atom is 0.472 e. The monoisotopic (exact) mass is 506 g/mol. The Morgan fingerprint density at radius 2 is 1.03 bits per heavy atom. The minimum Gasteiger partial charge on any atom is -0.465 e. The molecule has 1 unspecified atom stereocenters. The average molecular weight is 507 g/mol. The standard InChI is InChI=1S/C27H55O6P/c1-5-7-8-9-10-11-12-13-14-15-16-17-18-19-20-21-24-32-34(29,30)33-25-22-23-31-26(28)27(3,4)6-2/h5-25H2,1-4H3,(H,29,30). The highest BCUT2D eigenvalue weighted by molar-refractivity contribution is 7.47. The van der Waals surface area contributed by atoms with Crippen LogP contribution in [0.4, 0.5) is 0 Å². The second-order valence-corrected chi connectivity index (χ2v) is 11.6. The fourth-order valence-corrected chi connectivity index (χ4v) is 4.40. The van der Waals surface area contributed by atoms with E-state index in [1.165, 1.54) is 83.5 Å². The van der Waals surface area contributed by atoms with Gasteiger partial charge in [0.05, 0.1) is 25.2 Å². The van der Waals surface area contributed by atoms with Gasteiger partial charge in [0.2, 0.25) is 0 Å². The summed E-state index contributed by atoms with van der Waals surface area (Å²) in [6.07, 6.45) is 21.6. The lowest BCUT2D eigenvalue weighted by Gasteiger charge is -2.20. The van der Waals surface area contributed by atoms with E-state index in [2.05, 4.69) is 6.92 Å². The van der Waals surface area contributed by atoms with Gasteiger partial charge in [-0.15, -0.1) is 0 Å². The van der Waals surface area contributed by atoms with Crippen molar-refractivity contribution >= 4 is 13.8 Å². The van der Waals surface area contributed by atoms with Crippen LogP contribution in [0.5, 0.6) is 0 Å². The lowest BCUT2D eigenvalue weighted by Crippen LogP contribution is -2.26. The summed E-state index contributed by atoms with van der Waals surface area (Å²) in [5, 5.41) is 0. The van der Waals surface area contributed by atoms with E-state index in [1.807, 2.05) is 20.8 Å². The van der Waals surface area contributed by atoms with E-state index in [-0.39, 0.29) is 25.8 Å². The smallest absolute Gasteiger partial charge is 0.465 e. The molecule has 0 bridgehead atoms. The van der Waals surface area contributed by atoms with Crippen LogP contribution in [0.3, 0.4) is 0 Å². The first-order valence-corrected chi connectivity index (χ1v) is 15.5. The molecule has 0 fully saturated rings. The predicted molar refractivity (Wildman–Crippen MR) is 141 cm³/mol. The minimum absolute atomic E-state index is 0.0204. The van der Waals surface area contributed by atoms with Crippen molar-refractivity contribution in [3.63, 3.8) is 0 Å². The number of hydrogen-bond donors (Lipinski definition) is 1. The molecular weight excluding hydrogens is 451 g/mol. The number of carbonyl (C=O) groups is 1. The van der Waals surface area contributed by atoms with Gasteiger partial charge >= 0.3 is 13.8 Å². The van der Waals surface area contributed by atoms with Crippen LogP contribution < -0.4 is 0 Å². The first kappa shape index (κ1) is 33.6. The van der Waals surface area contributed by atoms with Gasteiger partial charge in [-0.25, -0.2) is 4.57 Å². The summed E-state index contributed by atoms with van der Waals surface area (Å²) in [5.41, 5.74) is -0.511. The number of phosphoric ester groups is 1. The highest BCUT2D eigenvalue weighted by Gasteiger charge is 2.27. The van der Waals surface area contributed by atoms with Crippen LogP contribution in [-0.4, -0.2) is 30.7 Å². The Morgan fingerprint density at radius 1 is 0.647 bits per heavy atom. The lowest BCUT2D eigenvalue weighted by atomic mass is 9.91. The average Bonchev–Trinajstić information content (AvgIpc) is 2.80. The third kappa shape index (κ3) is 20.9. The van der Waals surface area contributed by atoms with Crippen molar-refractivity contribution in [2.24, 2.45) is 5.41 Å². The molecule has 0 aromatic heterocycles. The minimum atomic E-state index is -4.03. The van der Waals surface area contributed by atoms with Crippen molar-refractivity contribution in [3.05, 3.63) is 0 Å². The molecule has 6 nitrogen and oxygen atoms in total. The summed E-state index contributed by atoms with van der Waals surface area (Å²) in [6, 6.07) is 0. The number of ether oxygens (including phenoxy) is 1. The normalized spacial score (nSPS) is 13.7. The van der Waals surface area contributed by atoms with Crippen LogP contribution in [0.15, 0.2) is 0 Å². The number of esters is 1. The number of rotatable bonds is 25. The summed E-state index contributed by atoms with van der Waals surface area (Å²) in [4.78, 5) is 21.6. The Balaban J connectivity index is 3.42. The van der Waals surface area contributed by atoms with Crippen LogP contribution in [0.25, 0.3) is 0 Å². The van der Waals surface area contributed by atoms with Gasteiger partial charge in [-0.2, -0.15) is 0 Å². The van der Waals surface area contributed by atoms with Crippen molar-refractivity contribution in [2.75, 3.05) is 19.8 Å². The molecule has 0 radical (unpaired) electrons. The van der Waals surface area contributed by atoms with Crippen molar-refractivity contribution in [1.29, 1.82) is 0 Å². The van der Waals surface area contributed by atoms with E-state index in [0.717, 1.165) is 19.3 Å². The Bertz CT molecular complexity index is 523. The molecule has 0 saturated heterocycles. The molecule has 0 aliphatic carbocycles. The van der Waals surface area contributed by atoms with Crippen LogP contribution in [-0.2, 0) is 23.1 Å². The Labute approximate surface area is 210 Å². The molecule has 0 spiro atoms. The molecular formula is C27H55O6P. The second kappa shape index (κ2) is 21.8. The van der Waals surface area contributed by atoms with Gasteiger partial charge in [0.15, 0.2) is 0 Å². The molecule has 0 rings (SSSR count). The van der Waals surface area contributed by atoms with Gasteiger partial charge in [0.25, 0.3) is 0 Å². The van der Waals surface area contributed by atoms with E-state index in [4.69, 9.17) is 13.8 Å². The molecule has 0 aromatic carbocycles. The summed E-state index contributed by atoms with van der Waals surface area (Å²) in [7, 11) is -4.03. The van der Waals surface area contributed by atoms with Gasteiger partial charge in [0, 0.05) is 6.42 Å². The van der Waals surface area contributed by atoms with E-state index in [0.29, 0.717) is 12.8 Å². The molecule has 0 saturated carbocycles. The second-order valence-electron chi connectivity index (χ2n) is 10.2. The first-order chi connectivity index (χ1) is 16.2. The molecule has 204 valence electrons. The summed E-state index contributed by atoms with van der Waals surface area (Å²) in [6.45, 7) is 8.28. The zero-order chi connectivity index (χ0) is 25.5. The number of hydrogen-bond acceptors (Lipinski definition) is 5. The topological polar surface area (TPSA) is 82.1 Å². The zero-order valence-corrected chi connectivity index (χ0v) is 23.7. The predicted octanol–water partition coefficient (Wildman–Crippen LogP) is 8.75. The molecule has 0 aromatic rings. The number of phosphoric acid groups is 1. The van der Waals surface area contributed by atoms with Gasteiger partial charge in [-0.3, -0.25) is 13.8 Å². The van der Waals surface area contributed by atoms with Crippen LogP contribution in [0.2, 0.25) is 0 Å². The fourth-order valence-electron chi connectivity index (χ4n) is 3.61. The maximum absolute atomic E-state index is 11.9. The van der Waals surface area contributed by atoms with E-state index < -0.39 is 13.2 Å². The van der Waals surface area contributed by atoms with Crippen molar-refractivity contribution in [3.8, 4) is 0 Å². The Hall–Kier alpha value is -0.420. The molecule has 0 aliphatic heterocycles. The highest BCUT2D eigenvalue weighted by Crippen LogP contribution is 2.43. The zero-order valence-electron chi connectivity index (χ0n) is 22.8. The third-order valence-corrected chi connectivity index (χ3v) is 7.48. The van der Waals surface area contributed by atoms with Crippen LogP contribution >= 0.6 is 7.82 Å². The Kier molecular flexibility index (Phi) is 21.6. The molecule has 1 N–H and O–H groups in total. The van der Waals surface area contributed by atoms with Gasteiger partial charge in [-0.05, 0) is 26.7 Å². The van der Waals surface area contributed by atoms with Crippen molar-refractivity contribution < 1.29 is 28.0 Å². The van der Waals surface area contributed by atoms with Gasteiger partial charge < -0.3 is 9.63 Å². The number of carbonyl (C=O) groups excluding carboxylic acids is 1. The largest absolute Gasteiger partial charge is 0.472 e. The van der Waals surface area contributed by atoms with E-state index in [9.17, 15) is 14.3 Å². The molecule has 34 heavy (non-hydrogen) atoms. The van der Waals surface area contributed by atoms with Gasteiger partial charge in [0.1, 0.15) is 0 Å². The molecule has 0 amide bonds. The molecule has 7 heteroatoms. The number of unbranched alkanes of at least 4 members (excludes halogenated alkanes) is 15. The maximum atomic E-state index is 11.9. The van der Waals surface area contributed by atoms with Crippen molar-refractivity contribution in [1.82, 2.24) is 0 Å². The fraction of sp³-hybridized carbons (Fsp3) is 0.963. The summed E-state index contributed by atoms with van der Waals surface area (Å²) in [5.74, 6) is -0.262. The van der Waals surface area contributed by atoms with Crippen LogP contribution in [0, 0.1) is 5.41 Å². The third-order valence-electron chi connectivity index (χ3n) is 6.47. The molecule has 1 atom stereocenters. The summed E-state index contributed by atoms with van der Waals surface area (Å²) < 4.78 is 27.0. The highest BCUT2D eigenvalue weighted by atomic mass is 31.2. The van der Waals surface area contributed by atoms with E-state index in [1.54, 1.807) is 0 Å². The summed E-state index contributed by atoms with van der Waals surface area (Å²) >= 11 is 0. The molecule has 0 heterocycles. The quantitative estimate of drug-likeness (QED) is 0.0757. The van der Waals surface area contributed by atoms with Gasteiger partial charge in [-0.1, -0.05) is 110 Å². The molecule has 0 aliphatic rings. The first-order valence-electron chi connectivity index (χ1n) is 14.0. The van der Waals surface area contributed by atoms with Crippen molar-refractivity contribution in [2.45, 2.75) is 143 Å². The Morgan fingerprint density at radius 3 is 1.44 bits per heavy atom. The van der Waals surface area contributed by atoms with Crippen LogP contribution in [0.1, 0.15) is 143 Å².